The summed E-state index contributed by atoms with van der Waals surface area (Å²) in [5, 5.41) is 3.52. The van der Waals surface area contributed by atoms with Crippen LogP contribution in [0.3, 0.4) is 0 Å². The Bertz CT molecular complexity index is 1300. The molecule has 0 saturated carbocycles. The van der Waals surface area contributed by atoms with E-state index in [0.717, 1.165) is 41.3 Å². The Balaban J connectivity index is 1.32. The van der Waals surface area contributed by atoms with E-state index in [1.165, 1.54) is 16.6 Å². The van der Waals surface area contributed by atoms with E-state index in [1.54, 1.807) is 35.6 Å². The number of amides is 1. The maximum absolute atomic E-state index is 12.5. The Morgan fingerprint density at radius 1 is 1.29 bits per heavy atom. The maximum atomic E-state index is 12.5. The van der Waals surface area contributed by atoms with Crippen molar-refractivity contribution < 1.29 is 13.2 Å². The van der Waals surface area contributed by atoms with E-state index >= 15 is 0 Å². The predicted octanol–water partition coefficient (Wildman–Crippen LogP) is 2.39. The topological polar surface area (TPSA) is 121 Å². The van der Waals surface area contributed by atoms with Gasteiger partial charge in [-0.15, -0.1) is 23.1 Å². The van der Waals surface area contributed by atoms with Gasteiger partial charge in [-0.2, -0.15) is 0 Å². The second-order valence-electron chi connectivity index (χ2n) is 7.35. The van der Waals surface area contributed by atoms with Gasteiger partial charge in [-0.25, -0.2) is 13.4 Å². The summed E-state index contributed by atoms with van der Waals surface area (Å²) in [6, 6.07) is 6.91. The van der Waals surface area contributed by atoms with E-state index in [1.807, 2.05) is 0 Å². The molecule has 2 aromatic heterocycles. The van der Waals surface area contributed by atoms with Gasteiger partial charge < -0.3 is 10.3 Å². The fourth-order valence-corrected chi connectivity index (χ4v) is 6.17. The fraction of sp³-hybridized carbons (Fsp3) is 0.350. The zero-order valence-electron chi connectivity index (χ0n) is 16.9. The molecule has 0 fully saturated rings. The second kappa shape index (κ2) is 9.01. The summed E-state index contributed by atoms with van der Waals surface area (Å²) in [5.74, 6) is 1.01. The van der Waals surface area contributed by atoms with Crippen molar-refractivity contribution in [1.82, 2.24) is 15.3 Å². The molecule has 3 N–H and O–H groups in total. The average molecular weight is 479 g/mol. The minimum atomic E-state index is -3.40. The first-order valence-electron chi connectivity index (χ1n) is 9.74. The number of benzene rings is 1. The minimum absolute atomic E-state index is 0.0977. The summed E-state index contributed by atoms with van der Waals surface area (Å²) in [7, 11) is -3.40. The molecule has 0 spiro atoms. The van der Waals surface area contributed by atoms with Crippen molar-refractivity contribution in [3.63, 3.8) is 0 Å². The van der Waals surface area contributed by atoms with E-state index in [0.29, 0.717) is 22.8 Å². The minimum Gasteiger partial charge on any atom is -0.351 e. The zero-order valence-corrected chi connectivity index (χ0v) is 19.3. The number of aromatic nitrogens is 2. The number of nitrogens with one attached hydrogen (secondary N) is 3. The lowest BCUT2D eigenvalue weighted by molar-refractivity contribution is -0.118. The van der Waals surface area contributed by atoms with Crippen molar-refractivity contribution in [3.05, 3.63) is 56.4 Å². The van der Waals surface area contributed by atoms with Crippen LogP contribution in [0.25, 0.3) is 10.2 Å². The number of carbonyl (C=O) groups is 1. The first kappa shape index (κ1) is 21.8. The molecule has 3 aromatic rings. The summed E-state index contributed by atoms with van der Waals surface area (Å²) in [6.07, 6.45) is 4.14. The number of nitrogens with zero attached hydrogens (tertiary/aromatic N) is 1. The number of fused-ring (bicyclic) bond motifs is 3. The molecule has 0 aliphatic heterocycles. The fourth-order valence-electron chi connectivity index (χ4n) is 3.57. The highest BCUT2D eigenvalue weighted by atomic mass is 32.2. The standard InChI is InChI=1S/C20H22N4O4S3/c1-31(27,28)24-14-7-3-2-5-12(14)9-21-17(25)11-29-10-16-22-19(26)18-13-6-4-8-15(13)30-20(18)23-16/h2-3,5,7,24H,4,6,8-11H2,1H3,(H,21,25)(H,22,23,26). The molecule has 11 heteroatoms. The van der Waals surface area contributed by atoms with Crippen LogP contribution < -0.4 is 15.6 Å². The van der Waals surface area contributed by atoms with Crippen molar-refractivity contribution >= 4 is 54.9 Å². The maximum Gasteiger partial charge on any atom is 0.259 e. The smallest absolute Gasteiger partial charge is 0.259 e. The van der Waals surface area contributed by atoms with Gasteiger partial charge >= 0.3 is 0 Å². The molecule has 4 rings (SSSR count). The number of hydrogen-bond acceptors (Lipinski definition) is 7. The zero-order chi connectivity index (χ0) is 22.0. The molecule has 2 heterocycles. The monoisotopic (exact) mass is 478 g/mol. The van der Waals surface area contributed by atoms with Gasteiger partial charge in [0.1, 0.15) is 10.7 Å². The average Bonchev–Trinajstić information content (AvgIpc) is 3.27. The number of carbonyl (C=O) groups excluding carboxylic acids is 1. The van der Waals surface area contributed by atoms with E-state index < -0.39 is 10.0 Å². The first-order valence-corrected chi connectivity index (χ1v) is 13.6. The van der Waals surface area contributed by atoms with E-state index in [2.05, 4.69) is 20.0 Å². The van der Waals surface area contributed by atoms with Crippen molar-refractivity contribution in [2.45, 2.75) is 31.6 Å². The lowest BCUT2D eigenvalue weighted by atomic mass is 10.2. The van der Waals surface area contributed by atoms with Gasteiger partial charge in [0.25, 0.3) is 5.56 Å². The van der Waals surface area contributed by atoms with E-state index in [-0.39, 0.29) is 23.8 Å². The Morgan fingerprint density at radius 3 is 2.90 bits per heavy atom. The molecule has 1 amide bonds. The molecule has 31 heavy (non-hydrogen) atoms. The number of anilines is 1. The molecule has 1 aliphatic rings. The number of para-hydroxylation sites is 1. The summed E-state index contributed by atoms with van der Waals surface area (Å²) < 4.78 is 25.4. The van der Waals surface area contributed by atoms with Gasteiger partial charge in [-0.3, -0.25) is 14.3 Å². The molecule has 8 nitrogen and oxygen atoms in total. The van der Waals surface area contributed by atoms with Gasteiger partial charge in [-0.1, -0.05) is 18.2 Å². The van der Waals surface area contributed by atoms with Crippen molar-refractivity contribution in [3.8, 4) is 0 Å². The number of H-pyrrole nitrogens is 1. The predicted molar refractivity (Wildman–Crippen MR) is 125 cm³/mol. The Morgan fingerprint density at radius 2 is 2.10 bits per heavy atom. The highest BCUT2D eigenvalue weighted by Crippen LogP contribution is 2.34. The van der Waals surface area contributed by atoms with Gasteiger partial charge in [0.05, 0.1) is 28.8 Å². The summed E-state index contributed by atoms with van der Waals surface area (Å²) >= 11 is 2.96. The highest BCUT2D eigenvalue weighted by molar-refractivity contribution is 7.99. The number of aromatic amines is 1. The van der Waals surface area contributed by atoms with E-state index in [9.17, 15) is 18.0 Å². The van der Waals surface area contributed by atoms with Crippen molar-refractivity contribution in [1.29, 1.82) is 0 Å². The van der Waals surface area contributed by atoms with Crippen LogP contribution in [0.2, 0.25) is 0 Å². The summed E-state index contributed by atoms with van der Waals surface area (Å²) in [4.78, 5) is 34.2. The molecule has 0 bridgehead atoms. The van der Waals surface area contributed by atoms with Crippen LogP contribution >= 0.6 is 23.1 Å². The van der Waals surface area contributed by atoms with Crippen LogP contribution in [0.1, 0.15) is 28.2 Å². The largest absolute Gasteiger partial charge is 0.351 e. The van der Waals surface area contributed by atoms with E-state index in [4.69, 9.17) is 0 Å². The number of thioether (sulfide) groups is 1. The van der Waals surface area contributed by atoms with Gasteiger partial charge in [0.15, 0.2) is 0 Å². The molecule has 0 saturated heterocycles. The molecule has 0 atom stereocenters. The Kier molecular flexibility index (Phi) is 6.35. The van der Waals surface area contributed by atoms with Crippen molar-refractivity contribution in [2.24, 2.45) is 0 Å². The van der Waals surface area contributed by atoms with Crippen LogP contribution in [-0.4, -0.2) is 36.3 Å². The molecule has 0 radical (unpaired) electrons. The third-order valence-electron chi connectivity index (χ3n) is 4.88. The summed E-state index contributed by atoms with van der Waals surface area (Å²) in [5.41, 5.74) is 2.17. The number of hydrogen-bond donors (Lipinski definition) is 3. The van der Waals surface area contributed by atoms with Crippen molar-refractivity contribution in [2.75, 3.05) is 16.7 Å². The first-order chi connectivity index (χ1) is 14.8. The molecular weight excluding hydrogens is 456 g/mol. The normalized spacial score (nSPS) is 13.3. The lowest BCUT2D eigenvalue weighted by Gasteiger charge is -2.11. The Hall–Kier alpha value is -2.37. The number of thiophene rings is 1. The highest BCUT2D eigenvalue weighted by Gasteiger charge is 2.21. The van der Waals surface area contributed by atoms with Crippen LogP contribution in [0.4, 0.5) is 5.69 Å². The SMILES string of the molecule is CS(=O)(=O)Nc1ccccc1CNC(=O)CSCc1nc2sc3c(c2c(=O)[nH]1)CCC3. The number of aryl methyl sites for hydroxylation is 2. The number of sulfonamides is 1. The number of rotatable bonds is 8. The van der Waals surface area contributed by atoms with Gasteiger partial charge in [0.2, 0.25) is 15.9 Å². The third-order valence-corrected chi connectivity index (χ3v) is 7.61. The molecular formula is C20H22N4O4S3. The van der Waals surface area contributed by atoms with Gasteiger partial charge in [-0.05, 0) is 36.5 Å². The molecule has 0 unspecified atom stereocenters. The summed E-state index contributed by atoms with van der Waals surface area (Å²) in [6.45, 7) is 0.208. The van der Waals surface area contributed by atoms with Crippen LogP contribution in [0.5, 0.6) is 0 Å². The quantitative estimate of drug-likeness (QED) is 0.457. The molecule has 164 valence electrons. The second-order valence-corrected chi connectivity index (χ2v) is 11.2. The third kappa shape index (κ3) is 5.28. The van der Waals surface area contributed by atoms with Crippen LogP contribution in [0, 0.1) is 0 Å². The molecule has 1 aromatic carbocycles. The van der Waals surface area contributed by atoms with Gasteiger partial charge in [0, 0.05) is 11.4 Å². The van der Waals surface area contributed by atoms with Crippen LogP contribution in [-0.2, 0) is 40.0 Å². The Labute approximate surface area is 187 Å². The molecule has 1 aliphatic carbocycles. The van der Waals surface area contributed by atoms with Crippen LogP contribution in [0.15, 0.2) is 29.1 Å². The lowest BCUT2D eigenvalue weighted by Crippen LogP contribution is -2.25.